The van der Waals surface area contributed by atoms with Crippen molar-refractivity contribution in [3.63, 3.8) is 0 Å². The molecule has 1 fully saturated rings. The van der Waals surface area contributed by atoms with E-state index in [4.69, 9.17) is 14.2 Å². The molecule has 5 rings (SSSR count). The van der Waals surface area contributed by atoms with Crippen molar-refractivity contribution in [2.24, 2.45) is 0 Å². The lowest BCUT2D eigenvalue weighted by atomic mass is 9.85. The number of rotatable bonds is 6. The number of carbonyl (C=O) groups excluding carboxylic acids is 3. The van der Waals surface area contributed by atoms with Gasteiger partial charge in [0.15, 0.2) is 16.6 Å². The van der Waals surface area contributed by atoms with Gasteiger partial charge >= 0.3 is 11.9 Å². The van der Waals surface area contributed by atoms with Crippen LogP contribution in [0.25, 0.3) is 5.76 Å². The van der Waals surface area contributed by atoms with E-state index in [1.54, 1.807) is 25.1 Å². The zero-order valence-corrected chi connectivity index (χ0v) is 24.0. The van der Waals surface area contributed by atoms with Crippen LogP contribution >= 0.6 is 11.3 Å². The second-order valence-corrected chi connectivity index (χ2v) is 11.7. The number of nitrogens with zero attached hydrogens (tertiary/aromatic N) is 2. The molecule has 9 nitrogen and oxygen atoms in total. The predicted octanol–water partition coefficient (Wildman–Crippen LogP) is 5.49. The van der Waals surface area contributed by atoms with Crippen molar-refractivity contribution in [2.45, 2.75) is 39.2 Å². The number of ether oxygens (including phenoxy) is 3. The molecule has 0 spiro atoms. The first-order valence-corrected chi connectivity index (χ1v) is 13.9. The molecular weight excluding hydrogens is 544 g/mol. The minimum absolute atomic E-state index is 0.0195. The molecule has 0 radical (unpaired) electrons. The number of aliphatic hydroxyl groups is 1. The molecule has 0 aliphatic carbocycles. The van der Waals surface area contributed by atoms with E-state index in [9.17, 15) is 19.5 Å². The number of aryl methyl sites for hydroxylation is 1. The summed E-state index contributed by atoms with van der Waals surface area (Å²) in [6, 6.07) is 11.4. The van der Waals surface area contributed by atoms with Gasteiger partial charge in [0.25, 0.3) is 5.78 Å². The number of carbonyl (C=O) groups is 3. The van der Waals surface area contributed by atoms with Gasteiger partial charge in [0.2, 0.25) is 0 Å². The predicted molar refractivity (Wildman–Crippen MR) is 155 cm³/mol. The zero-order chi connectivity index (χ0) is 29.5. The smallest absolute Gasteiger partial charge is 0.350 e. The third-order valence-electron chi connectivity index (χ3n) is 6.86. The first-order valence-electron chi connectivity index (χ1n) is 13.1. The van der Waals surface area contributed by atoms with E-state index in [0.717, 1.165) is 16.9 Å². The molecule has 10 heteroatoms. The quantitative estimate of drug-likeness (QED) is 0.135. The van der Waals surface area contributed by atoms with Gasteiger partial charge in [0.05, 0.1) is 17.3 Å². The second kappa shape index (κ2) is 10.9. The van der Waals surface area contributed by atoms with Gasteiger partial charge in [-0.1, -0.05) is 69.0 Å². The van der Waals surface area contributed by atoms with Crippen LogP contribution in [0, 0.1) is 6.92 Å². The van der Waals surface area contributed by atoms with Crippen LogP contribution in [0.3, 0.4) is 0 Å². The second-order valence-electron chi connectivity index (χ2n) is 10.7. The number of aliphatic hydroxyl groups excluding tert-OH is 1. The van der Waals surface area contributed by atoms with Crippen LogP contribution in [0.4, 0.5) is 5.13 Å². The van der Waals surface area contributed by atoms with Crippen LogP contribution in [0.2, 0.25) is 0 Å². The lowest BCUT2D eigenvalue weighted by molar-refractivity contribution is -0.132. The SMILES string of the molecule is C=CCOC(=O)c1sc(N2C(=O)C(=O)C(=C(O)c3ccc4c(c3)OCCO4)[C@@H]2c2ccc(C(C)(C)C)cc2)nc1C. The number of benzene rings is 2. The zero-order valence-electron chi connectivity index (χ0n) is 23.2. The summed E-state index contributed by atoms with van der Waals surface area (Å²) in [7, 11) is 0. The number of fused-ring (bicyclic) bond motifs is 1. The van der Waals surface area contributed by atoms with Gasteiger partial charge in [-0.05, 0) is 41.7 Å². The van der Waals surface area contributed by atoms with Gasteiger partial charge in [0, 0.05) is 5.56 Å². The van der Waals surface area contributed by atoms with Crippen LogP contribution in [-0.4, -0.2) is 47.6 Å². The molecule has 212 valence electrons. The van der Waals surface area contributed by atoms with Gasteiger partial charge in [-0.15, -0.1) is 0 Å². The molecule has 41 heavy (non-hydrogen) atoms. The van der Waals surface area contributed by atoms with E-state index in [0.29, 0.717) is 41.5 Å². The highest BCUT2D eigenvalue weighted by molar-refractivity contribution is 7.17. The van der Waals surface area contributed by atoms with Crippen molar-refractivity contribution in [1.29, 1.82) is 0 Å². The maximum absolute atomic E-state index is 13.6. The average molecular weight is 575 g/mol. The molecule has 0 unspecified atom stereocenters. The van der Waals surface area contributed by atoms with E-state index in [1.165, 1.54) is 11.0 Å². The normalized spacial score (nSPS) is 18.0. The van der Waals surface area contributed by atoms with Crippen LogP contribution in [0.1, 0.15) is 58.9 Å². The fourth-order valence-electron chi connectivity index (χ4n) is 4.73. The number of esters is 1. The molecule has 0 bridgehead atoms. The van der Waals surface area contributed by atoms with Crippen molar-refractivity contribution in [3.05, 3.63) is 88.0 Å². The molecule has 2 aliphatic rings. The van der Waals surface area contributed by atoms with E-state index < -0.39 is 23.7 Å². The largest absolute Gasteiger partial charge is 0.507 e. The number of anilines is 1. The molecule has 2 aliphatic heterocycles. The van der Waals surface area contributed by atoms with Crippen LogP contribution in [0.5, 0.6) is 11.5 Å². The van der Waals surface area contributed by atoms with Gasteiger partial charge in [0.1, 0.15) is 30.5 Å². The summed E-state index contributed by atoms with van der Waals surface area (Å²) < 4.78 is 16.4. The number of aromatic nitrogens is 1. The van der Waals surface area contributed by atoms with Crippen LogP contribution < -0.4 is 14.4 Å². The number of ketones is 1. The van der Waals surface area contributed by atoms with Crippen molar-refractivity contribution < 1.29 is 33.7 Å². The van der Waals surface area contributed by atoms with E-state index in [-0.39, 0.29) is 33.4 Å². The van der Waals surface area contributed by atoms with E-state index in [1.807, 2.05) is 24.3 Å². The third-order valence-corrected chi connectivity index (χ3v) is 8.00. The summed E-state index contributed by atoms with van der Waals surface area (Å²) >= 11 is 0.947. The lowest BCUT2D eigenvalue weighted by Gasteiger charge is -2.25. The molecule has 1 aromatic heterocycles. The molecule has 1 amide bonds. The number of thiazole rings is 1. The Hall–Kier alpha value is -4.44. The van der Waals surface area contributed by atoms with Crippen molar-refractivity contribution in [2.75, 3.05) is 24.7 Å². The first-order chi connectivity index (χ1) is 19.5. The molecule has 3 aromatic rings. The minimum Gasteiger partial charge on any atom is -0.507 e. The Balaban J connectivity index is 1.65. The Labute approximate surface area is 241 Å². The van der Waals surface area contributed by atoms with Gasteiger partial charge in [-0.3, -0.25) is 14.5 Å². The Kier molecular flexibility index (Phi) is 7.44. The number of amides is 1. The highest BCUT2D eigenvalue weighted by Crippen LogP contribution is 2.45. The maximum atomic E-state index is 13.6. The fourth-order valence-corrected chi connectivity index (χ4v) is 5.72. The van der Waals surface area contributed by atoms with Gasteiger partial charge in [-0.2, -0.15) is 0 Å². The third kappa shape index (κ3) is 5.22. The van der Waals surface area contributed by atoms with Crippen molar-refractivity contribution in [3.8, 4) is 11.5 Å². The number of hydrogen-bond donors (Lipinski definition) is 1. The Morgan fingerprint density at radius 3 is 2.49 bits per heavy atom. The molecule has 0 saturated carbocycles. The van der Waals surface area contributed by atoms with Gasteiger partial charge in [-0.25, -0.2) is 9.78 Å². The number of Topliss-reactive ketones (excluding diaryl/α,β-unsaturated/α-hetero) is 1. The summed E-state index contributed by atoms with van der Waals surface area (Å²) in [5.41, 5.74) is 2.09. The highest BCUT2D eigenvalue weighted by Gasteiger charge is 2.48. The highest BCUT2D eigenvalue weighted by atomic mass is 32.1. The van der Waals surface area contributed by atoms with E-state index >= 15 is 0 Å². The van der Waals surface area contributed by atoms with Crippen LogP contribution in [0.15, 0.2) is 60.7 Å². The summed E-state index contributed by atoms with van der Waals surface area (Å²) in [5, 5.41) is 11.7. The topological polar surface area (TPSA) is 115 Å². The first kappa shape index (κ1) is 28.1. The molecular formula is C31H30N2O7S. The minimum atomic E-state index is -1.00. The van der Waals surface area contributed by atoms with Crippen LogP contribution in [-0.2, 0) is 19.7 Å². The summed E-state index contributed by atoms with van der Waals surface area (Å²) in [4.78, 5) is 45.7. The fraction of sp³-hybridized carbons (Fsp3) is 0.290. The van der Waals surface area contributed by atoms with Crippen molar-refractivity contribution in [1.82, 2.24) is 4.98 Å². The summed E-state index contributed by atoms with van der Waals surface area (Å²) in [6.07, 6.45) is 1.45. The average Bonchev–Trinajstić information content (AvgIpc) is 3.46. The van der Waals surface area contributed by atoms with E-state index in [2.05, 4.69) is 32.3 Å². The Morgan fingerprint density at radius 2 is 1.83 bits per heavy atom. The molecule has 1 saturated heterocycles. The lowest BCUT2D eigenvalue weighted by Crippen LogP contribution is -2.29. The molecule has 1 N–H and O–H groups in total. The van der Waals surface area contributed by atoms with Gasteiger partial charge < -0.3 is 19.3 Å². The Morgan fingerprint density at radius 1 is 1.15 bits per heavy atom. The molecule has 2 aromatic carbocycles. The Bertz CT molecular complexity index is 1580. The monoisotopic (exact) mass is 574 g/mol. The molecule has 3 heterocycles. The van der Waals surface area contributed by atoms with Crippen molar-refractivity contribution >= 4 is 39.9 Å². The number of hydrogen-bond acceptors (Lipinski definition) is 9. The summed E-state index contributed by atoms with van der Waals surface area (Å²) in [5.74, 6) is -1.74. The molecule has 1 atom stereocenters. The maximum Gasteiger partial charge on any atom is 0.350 e. The standard InChI is InChI=1S/C31H30N2O7S/c1-6-13-40-29(37)27-17(2)32-30(41-27)33-24(18-7-10-20(11-8-18)31(3,4)5)23(26(35)28(33)36)25(34)19-9-12-21-22(16-19)39-15-14-38-21/h6-12,16,24,34H,1,13-15H2,2-5H3/t24-/m0/s1. The summed E-state index contributed by atoms with van der Waals surface area (Å²) in [6.45, 7) is 12.2.